The lowest BCUT2D eigenvalue weighted by molar-refractivity contribution is -0.00515. The first-order valence-corrected chi connectivity index (χ1v) is 8.50. The van der Waals surface area contributed by atoms with E-state index in [9.17, 15) is 8.42 Å². The van der Waals surface area contributed by atoms with Crippen LogP contribution in [-0.2, 0) is 14.8 Å². The van der Waals surface area contributed by atoms with Crippen LogP contribution in [0.5, 0.6) is 0 Å². The maximum atomic E-state index is 12.6. The van der Waals surface area contributed by atoms with Crippen molar-refractivity contribution in [2.24, 2.45) is 0 Å². The van der Waals surface area contributed by atoms with Crippen LogP contribution in [0.25, 0.3) is 0 Å². The molecule has 0 saturated heterocycles. The summed E-state index contributed by atoms with van der Waals surface area (Å²) in [5.74, 6) is 0. The fourth-order valence-corrected chi connectivity index (χ4v) is 3.99. The first-order valence-electron chi connectivity index (χ1n) is 7.01. The van der Waals surface area contributed by atoms with E-state index in [1.54, 1.807) is 19.9 Å². The lowest BCUT2D eigenvalue weighted by Crippen LogP contribution is -2.40. The Bertz CT molecular complexity index is 596. The van der Waals surface area contributed by atoms with Gasteiger partial charge in [0.05, 0.1) is 10.5 Å². The largest absolute Gasteiger partial charge is 0.398 e. The average Bonchev–Trinajstić information content (AvgIpc) is 2.34. The van der Waals surface area contributed by atoms with E-state index in [-0.39, 0.29) is 11.4 Å². The van der Waals surface area contributed by atoms with Crippen molar-refractivity contribution in [3.63, 3.8) is 0 Å². The molecule has 0 fully saturated rings. The zero-order valence-electron chi connectivity index (χ0n) is 13.7. The second kappa shape index (κ2) is 6.34. The van der Waals surface area contributed by atoms with Gasteiger partial charge < -0.3 is 10.5 Å². The molecule has 6 heteroatoms. The van der Waals surface area contributed by atoms with Crippen LogP contribution >= 0.6 is 0 Å². The Morgan fingerprint density at radius 2 is 1.81 bits per heavy atom. The van der Waals surface area contributed by atoms with Gasteiger partial charge in [-0.15, -0.1) is 0 Å². The molecule has 0 aliphatic heterocycles. The molecule has 0 atom stereocenters. The third-order valence-corrected chi connectivity index (χ3v) is 5.24. The van der Waals surface area contributed by atoms with E-state index in [0.29, 0.717) is 17.9 Å². The van der Waals surface area contributed by atoms with Gasteiger partial charge in [0, 0.05) is 18.8 Å². The molecule has 3 N–H and O–H groups in total. The van der Waals surface area contributed by atoms with Gasteiger partial charge >= 0.3 is 0 Å². The molecular weight excluding hydrogens is 288 g/mol. The highest BCUT2D eigenvalue weighted by atomic mass is 32.2. The third-order valence-electron chi connectivity index (χ3n) is 3.57. The molecule has 0 aromatic heterocycles. The number of nitrogens with two attached hydrogens (primary N) is 1. The van der Waals surface area contributed by atoms with Crippen LogP contribution in [0, 0.1) is 20.8 Å². The number of rotatable bonds is 6. The van der Waals surface area contributed by atoms with E-state index in [2.05, 4.69) is 4.72 Å². The highest BCUT2D eigenvalue weighted by Gasteiger charge is 2.26. The summed E-state index contributed by atoms with van der Waals surface area (Å²) in [4.78, 5) is 0.271. The molecule has 0 aliphatic carbocycles. The average molecular weight is 314 g/mol. The molecule has 21 heavy (non-hydrogen) atoms. The van der Waals surface area contributed by atoms with Crippen LogP contribution in [0.1, 0.15) is 37.5 Å². The molecule has 1 rings (SSSR count). The van der Waals surface area contributed by atoms with Crippen LogP contribution < -0.4 is 10.5 Å². The Kier molecular flexibility index (Phi) is 5.41. The molecule has 0 heterocycles. The fourth-order valence-electron chi connectivity index (χ4n) is 2.23. The Morgan fingerprint density at radius 3 is 2.33 bits per heavy atom. The van der Waals surface area contributed by atoms with Gasteiger partial charge in [-0.3, -0.25) is 0 Å². The zero-order chi connectivity index (χ0) is 16.4. The van der Waals surface area contributed by atoms with Gasteiger partial charge in [0.25, 0.3) is 0 Å². The lowest BCUT2D eigenvalue weighted by atomic mass is 10.1. The van der Waals surface area contributed by atoms with Gasteiger partial charge in [0.1, 0.15) is 0 Å². The number of sulfonamides is 1. The lowest BCUT2D eigenvalue weighted by Gasteiger charge is -2.25. The van der Waals surface area contributed by atoms with E-state index >= 15 is 0 Å². The van der Waals surface area contributed by atoms with E-state index in [4.69, 9.17) is 10.5 Å². The van der Waals surface area contributed by atoms with Crippen molar-refractivity contribution in [3.8, 4) is 0 Å². The van der Waals surface area contributed by atoms with Gasteiger partial charge in [-0.2, -0.15) is 0 Å². The minimum absolute atomic E-state index is 0.204. The standard InChI is InChI=1S/C15H26N2O3S/c1-7-20-15(5,6)9-17-21(18,19)14-11(3)10(2)8-13(16)12(14)4/h8,17H,7,9,16H2,1-6H3. The molecule has 0 amide bonds. The Labute approximate surface area is 127 Å². The molecule has 0 aliphatic rings. The molecule has 1 aromatic carbocycles. The SMILES string of the molecule is CCOC(C)(C)CNS(=O)(=O)c1c(C)c(C)cc(N)c1C. The quantitative estimate of drug-likeness (QED) is 0.789. The number of hydrogen-bond donors (Lipinski definition) is 2. The smallest absolute Gasteiger partial charge is 0.241 e. The number of hydrogen-bond acceptors (Lipinski definition) is 4. The normalized spacial score (nSPS) is 12.7. The Morgan fingerprint density at radius 1 is 1.24 bits per heavy atom. The van der Waals surface area contributed by atoms with Gasteiger partial charge in [-0.1, -0.05) is 0 Å². The molecular formula is C15H26N2O3S. The molecule has 0 bridgehead atoms. The second-order valence-electron chi connectivity index (χ2n) is 5.88. The molecule has 0 radical (unpaired) electrons. The minimum atomic E-state index is -3.63. The maximum absolute atomic E-state index is 12.6. The fraction of sp³-hybridized carbons (Fsp3) is 0.600. The van der Waals surface area contributed by atoms with Crippen molar-refractivity contribution < 1.29 is 13.2 Å². The summed E-state index contributed by atoms with van der Waals surface area (Å²) < 4.78 is 33.4. The summed E-state index contributed by atoms with van der Waals surface area (Å²) in [5, 5.41) is 0. The molecule has 1 aromatic rings. The first kappa shape index (κ1) is 17.9. The van der Waals surface area contributed by atoms with Crippen molar-refractivity contribution >= 4 is 15.7 Å². The van der Waals surface area contributed by atoms with Crippen LogP contribution in [0.4, 0.5) is 5.69 Å². The molecule has 0 saturated carbocycles. The number of benzene rings is 1. The minimum Gasteiger partial charge on any atom is -0.398 e. The van der Waals surface area contributed by atoms with Gasteiger partial charge in [-0.25, -0.2) is 13.1 Å². The van der Waals surface area contributed by atoms with Crippen molar-refractivity contribution in [1.82, 2.24) is 4.72 Å². The van der Waals surface area contributed by atoms with E-state index in [1.165, 1.54) is 0 Å². The summed E-state index contributed by atoms with van der Waals surface area (Å²) in [6.07, 6.45) is 0. The highest BCUT2D eigenvalue weighted by Crippen LogP contribution is 2.27. The first-order chi connectivity index (χ1) is 9.52. The summed E-state index contributed by atoms with van der Waals surface area (Å²) in [6.45, 7) is 11.7. The van der Waals surface area contributed by atoms with E-state index < -0.39 is 15.6 Å². The molecule has 120 valence electrons. The zero-order valence-corrected chi connectivity index (χ0v) is 14.5. The Hall–Kier alpha value is -1.11. The highest BCUT2D eigenvalue weighted by molar-refractivity contribution is 7.89. The van der Waals surface area contributed by atoms with Crippen molar-refractivity contribution in [1.29, 1.82) is 0 Å². The number of aryl methyl sites for hydroxylation is 1. The monoisotopic (exact) mass is 314 g/mol. The number of anilines is 1. The molecule has 0 unspecified atom stereocenters. The summed E-state index contributed by atoms with van der Waals surface area (Å²) >= 11 is 0. The summed E-state index contributed by atoms with van der Waals surface area (Å²) in [7, 11) is -3.63. The Balaban J connectivity index is 3.16. The van der Waals surface area contributed by atoms with Gasteiger partial charge in [-0.05, 0) is 64.3 Å². The predicted molar refractivity (Wildman–Crippen MR) is 86.0 cm³/mol. The van der Waals surface area contributed by atoms with E-state index in [1.807, 2.05) is 27.7 Å². The topological polar surface area (TPSA) is 81.4 Å². The van der Waals surface area contributed by atoms with Crippen LogP contribution in [0.2, 0.25) is 0 Å². The van der Waals surface area contributed by atoms with Gasteiger partial charge in [0.15, 0.2) is 0 Å². The van der Waals surface area contributed by atoms with Crippen LogP contribution in [-0.4, -0.2) is 27.2 Å². The van der Waals surface area contributed by atoms with Crippen molar-refractivity contribution in [2.45, 2.75) is 52.0 Å². The molecule has 0 spiro atoms. The van der Waals surface area contributed by atoms with Crippen LogP contribution in [0.15, 0.2) is 11.0 Å². The van der Waals surface area contributed by atoms with Crippen molar-refractivity contribution in [2.75, 3.05) is 18.9 Å². The second-order valence-corrected chi connectivity index (χ2v) is 7.58. The number of nitrogens with one attached hydrogen (secondary N) is 1. The maximum Gasteiger partial charge on any atom is 0.241 e. The van der Waals surface area contributed by atoms with Gasteiger partial charge in [0.2, 0.25) is 10.0 Å². The predicted octanol–water partition coefficient (Wildman–Crippen LogP) is 2.29. The third kappa shape index (κ3) is 4.18. The van der Waals surface area contributed by atoms with E-state index in [0.717, 1.165) is 11.1 Å². The molecule has 5 nitrogen and oxygen atoms in total. The number of ether oxygens (including phenoxy) is 1. The summed E-state index contributed by atoms with van der Waals surface area (Å²) in [6, 6.07) is 1.80. The summed E-state index contributed by atoms with van der Waals surface area (Å²) in [5.41, 5.74) is 8.00. The van der Waals surface area contributed by atoms with Crippen LogP contribution in [0.3, 0.4) is 0 Å². The van der Waals surface area contributed by atoms with Crippen molar-refractivity contribution in [3.05, 3.63) is 22.8 Å². The number of nitrogen functional groups attached to an aromatic ring is 1.